The number of methoxy groups -OCH3 is 1. The van der Waals surface area contributed by atoms with E-state index in [2.05, 4.69) is 4.74 Å². The van der Waals surface area contributed by atoms with Crippen molar-refractivity contribution >= 4 is 16.1 Å². The Morgan fingerprint density at radius 3 is 2.69 bits per heavy atom. The molecular formula is C9H14O6S. The average molecular weight is 250 g/mol. The minimum Gasteiger partial charge on any atom is -0.468 e. The third-order valence-electron chi connectivity index (χ3n) is 3.29. The molecule has 4 atom stereocenters. The van der Waals surface area contributed by atoms with Crippen LogP contribution in [0.2, 0.25) is 0 Å². The third-order valence-corrected chi connectivity index (χ3v) is 5.20. The van der Waals surface area contributed by atoms with Crippen LogP contribution in [-0.4, -0.2) is 45.1 Å². The fourth-order valence-electron chi connectivity index (χ4n) is 2.17. The van der Waals surface area contributed by atoms with Crippen LogP contribution in [0, 0.1) is 5.92 Å². The fourth-order valence-corrected chi connectivity index (χ4v) is 3.73. The van der Waals surface area contributed by atoms with Crippen LogP contribution in [0.25, 0.3) is 0 Å². The molecule has 2 heterocycles. The first kappa shape index (κ1) is 11.8. The molecule has 0 N–H and O–H groups in total. The summed E-state index contributed by atoms with van der Waals surface area (Å²) >= 11 is 0. The van der Waals surface area contributed by atoms with E-state index in [0.717, 1.165) is 7.11 Å². The first-order chi connectivity index (χ1) is 7.34. The predicted octanol–water partition coefficient (Wildman–Crippen LogP) is -0.318. The topological polar surface area (TPSA) is 78.9 Å². The molecule has 4 unspecified atom stereocenters. The fraction of sp³-hybridized carbons (Fsp3) is 0.889. The molecule has 7 heteroatoms. The van der Waals surface area contributed by atoms with Gasteiger partial charge in [-0.25, -0.2) is 0 Å². The monoisotopic (exact) mass is 250 g/mol. The second-order valence-electron chi connectivity index (χ2n) is 4.34. The van der Waals surface area contributed by atoms with Gasteiger partial charge in [-0.2, -0.15) is 8.42 Å². The van der Waals surface area contributed by atoms with Crippen LogP contribution in [0.15, 0.2) is 0 Å². The Balaban J connectivity index is 2.47. The molecule has 0 aliphatic carbocycles. The van der Waals surface area contributed by atoms with Gasteiger partial charge >= 0.3 is 5.97 Å². The van der Waals surface area contributed by atoms with E-state index >= 15 is 0 Å². The lowest BCUT2D eigenvalue weighted by Gasteiger charge is -2.22. The lowest BCUT2D eigenvalue weighted by atomic mass is 9.94. The second-order valence-corrected chi connectivity index (χ2v) is 6.29. The molecule has 0 amide bonds. The van der Waals surface area contributed by atoms with Gasteiger partial charge in [0.1, 0.15) is 12.2 Å². The van der Waals surface area contributed by atoms with E-state index in [0.29, 0.717) is 6.61 Å². The smallest absolute Gasteiger partial charge is 0.332 e. The Morgan fingerprint density at radius 1 is 1.50 bits per heavy atom. The molecule has 0 aromatic heterocycles. The number of carbonyl (C=O) groups excluding carboxylic acids is 1. The van der Waals surface area contributed by atoms with Gasteiger partial charge in [0.15, 0.2) is 0 Å². The molecule has 2 saturated heterocycles. The first-order valence-electron chi connectivity index (χ1n) is 4.97. The highest BCUT2D eigenvalue weighted by Crippen LogP contribution is 2.44. The SMILES string of the molecule is COC(=O)C1(C)C2OCC(C)C2OS1(=O)=O. The minimum atomic E-state index is -3.99. The molecule has 2 fully saturated rings. The second kappa shape index (κ2) is 3.41. The Labute approximate surface area is 94.0 Å². The van der Waals surface area contributed by atoms with Gasteiger partial charge in [0.05, 0.1) is 13.7 Å². The number of hydrogen-bond acceptors (Lipinski definition) is 6. The van der Waals surface area contributed by atoms with Crippen molar-refractivity contribution in [1.82, 2.24) is 0 Å². The van der Waals surface area contributed by atoms with Crippen molar-refractivity contribution in [2.24, 2.45) is 5.92 Å². The molecular weight excluding hydrogens is 236 g/mol. The Bertz CT molecular complexity index is 416. The third kappa shape index (κ3) is 1.25. The van der Waals surface area contributed by atoms with Crippen molar-refractivity contribution in [2.45, 2.75) is 30.8 Å². The van der Waals surface area contributed by atoms with Crippen LogP contribution < -0.4 is 0 Å². The van der Waals surface area contributed by atoms with Crippen molar-refractivity contribution in [1.29, 1.82) is 0 Å². The molecule has 6 nitrogen and oxygen atoms in total. The number of esters is 1. The van der Waals surface area contributed by atoms with Gasteiger partial charge in [0.25, 0.3) is 10.1 Å². The number of rotatable bonds is 1. The standard InChI is InChI=1S/C9H14O6S/c1-5-4-14-7-6(5)15-16(11,12)9(7,2)8(10)13-3/h5-7H,4H2,1-3H3. The van der Waals surface area contributed by atoms with Crippen LogP contribution in [0.3, 0.4) is 0 Å². The minimum absolute atomic E-state index is 0.0498. The Morgan fingerprint density at radius 2 is 2.12 bits per heavy atom. The van der Waals surface area contributed by atoms with Crippen molar-refractivity contribution in [3.05, 3.63) is 0 Å². The number of hydrogen-bond donors (Lipinski definition) is 0. The largest absolute Gasteiger partial charge is 0.468 e. The summed E-state index contributed by atoms with van der Waals surface area (Å²) in [6.07, 6.45) is -1.37. The number of ether oxygens (including phenoxy) is 2. The van der Waals surface area contributed by atoms with Crippen LogP contribution in [0.5, 0.6) is 0 Å². The molecule has 0 aromatic rings. The van der Waals surface area contributed by atoms with E-state index in [1.807, 2.05) is 6.92 Å². The van der Waals surface area contributed by atoms with Crippen molar-refractivity contribution < 1.29 is 26.9 Å². The van der Waals surface area contributed by atoms with E-state index in [1.54, 1.807) is 0 Å². The molecule has 0 bridgehead atoms. The van der Waals surface area contributed by atoms with Gasteiger partial charge in [-0.3, -0.25) is 8.98 Å². The van der Waals surface area contributed by atoms with Gasteiger partial charge in [0.2, 0.25) is 4.75 Å². The van der Waals surface area contributed by atoms with E-state index in [4.69, 9.17) is 8.92 Å². The molecule has 0 saturated carbocycles. The number of fused-ring (bicyclic) bond motifs is 1. The summed E-state index contributed by atoms with van der Waals surface area (Å²) in [6.45, 7) is 3.50. The average Bonchev–Trinajstić information content (AvgIpc) is 2.66. The molecule has 0 aromatic carbocycles. The summed E-state index contributed by atoms with van der Waals surface area (Å²) in [5.74, 6) is -0.889. The van der Waals surface area contributed by atoms with Crippen LogP contribution in [0.4, 0.5) is 0 Å². The molecule has 0 spiro atoms. The van der Waals surface area contributed by atoms with Gasteiger partial charge in [-0.1, -0.05) is 6.92 Å². The summed E-state index contributed by atoms with van der Waals surface area (Å²) in [5.41, 5.74) is 0. The van der Waals surface area contributed by atoms with Gasteiger partial charge in [-0.05, 0) is 6.92 Å². The summed E-state index contributed by atoms with van der Waals surface area (Å²) in [4.78, 5) is 11.6. The van der Waals surface area contributed by atoms with Gasteiger partial charge < -0.3 is 9.47 Å². The normalized spacial score (nSPS) is 45.3. The van der Waals surface area contributed by atoms with Crippen molar-refractivity contribution in [2.75, 3.05) is 13.7 Å². The highest BCUT2D eigenvalue weighted by molar-refractivity contribution is 7.89. The van der Waals surface area contributed by atoms with Crippen LogP contribution >= 0.6 is 0 Å². The van der Waals surface area contributed by atoms with Crippen molar-refractivity contribution in [3.63, 3.8) is 0 Å². The zero-order valence-electron chi connectivity index (χ0n) is 9.30. The highest BCUT2D eigenvalue weighted by Gasteiger charge is 2.67. The van der Waals surface area contributed by atoms with Crippen LogP contribution in [-0.2, 0) is 28.6 Å². The highest BCUT2D eigenvalue weighted by atomic mass is 32.2. The van der Waals surface area contributed by atoms with Crippen molar-refractivity contribution in [3.8, 4) is 0 Å². The van der Waals surface area contributed by atoms with E-state index in [1.165, 1.54) is 6.92 Å². The predicted molar refractivity (Wildman–Crippen MR) is 53.1 cm³/mol. The first-order valence-corrected chi connectivity index (χ1v) is 6.38. The van der Waals surface area contributed by atoms with E-state index < -0.39 is 33.0 Å². The maximum atomic E-state index is 11.8. The Kier molecular flexibility index (Phi) is 2.52. The molecule has 0 radical (unpaired) electrons. The maximum Gasteiger partial charge on any atom is 0.332 e. The zero-order chi connectivity index (χ0) is 12.1. The van der Waals surface area contributed by atoms with Gasteiger partial charge in [-0.15, -0.1) is 0 Å². The number of carbonyl (C=O) groups is 1. The Hall–Kier alpha value is -0.660. The lowest BCUT2D eigenvalue weighted by molar-refractivity contribution is -0.146. The molecule has 2 aliphatic rings. The molecule has 2 rings (SSSR count). The molecule has 16 heavy (non-hydrogen) atoms. The summed E-state index contributed by atoms with van der Waals surface area (Å²) in [6, 6.07) is 0. The quantitative estimate of drug-likeness (QED) is 0.469. The summed E-state index contributed by atoms with van der Waals surface area (Å²) in [7, 11) is -2.84. The summed E-state index contributed by atoms with van der Waals surface area (Å²) < 4.78 is 36.8. The maximum absolute atomic E-state index is 11.8. The lowest BCUT2D eigenvalue weighted by Crippen LogP contribution is -2.50. The van der Waals surface area contributed by atoms with Gasteiger partial charge in [0, 0.05) is 5.92 Å². The van der Waals surface area contributed by atoms with E-state index in [9.17, 15) is 13.2 Å². The molecule has 92 valence electrons. The molecule has 2 aliphatic heterocycles. The zero-order valence-corrected chi connectivity index (χ0v) is 10.1. The summed E-state index contributed by atoms with van der Waals surface area (Å²) in [5, 5.41) is 0. The van der Waals surface area contributed by atoms with Crippen LogP contribution in [0.1, 0.15) is 13.8 Å². The van der Waals surface area contributed by atoms with E-state index in [-0.39, 0.29) is 5.92 Å².